The van der Waals surface area contributed by atoms with Crippen molar-refractivity contribution in [2.45, 2.75) is 20.4 Å². The van der Waals surface area contributed by atoms with Crippen molar-refractivity contribution in [3.63, 3.8) is 0 Å². The average Bonchev–Trinajstić information content (AvgIpc) is 3.37. The number of nitrogens with two attached hydrogens (primary N) is 1. The molecule has 3 N–H and O–H groups in total. The maximum absolute atomic E-state index is 13.9. The van der Waals surface area contributed by atoms with Crippen LogP contribution in [0.2, 0.25) is 5.02 Å². The highest BCUT2D eigenvalue weighted by Crippen LogP contribution is 2.35. The number of halogens is 1. The fourth-order valence-corrected chi connectivity index (χ4v) is 5.80. The third-order valence-electron chi connectivity index (χ3n) is 6.73. The number of aromatic nitrogens is 5. The molecule has 0 saturated carbocycles. The molecule has 0 bridgehead atoms. The summed E-state index contributed by atoms with van der Waals surface area (Å²) in [6.45, 7) is 4.14. The van der Waals surface area contributed by atoms with Gasteiger partial charge < -0.3 is 10.5 Å². The molecule has 226 valence electrons. The number of pyridine rings is 1. The number of sulfonamides is 1. The molecule has 0 aliphatic rings. The van der Waals surface area contributed by atoms with Gasteiger partial charge in [0, 0.05) is 16.9 Å². The Morgan fingerprint density at radius 3 is 2.43 bits per heavy atom. The Labute approximate surface area is 259 Å². The van der Waals surface area contributed by atoms with E-state index in [1.54, 1.807) is 39.6 Å². The Morgan fingerprint density at radius 1 is 0.977 bits per heavy atom. The maximum Gasteiger partial charge on any atom is 0.264 e. The first kappa shape index (κ1) is 30.5. The summed E-state index contributed by atoms with van der Waals surface area (Å²) in [4.78, 5) is 22.5. The predicted molar refractivity (Wildman–Crippen MR) is 175 cm³/mol. The minimum absolute atomic E-state index is 0.143. The van der Waals surface area contributed by atoms with Crippen LogP contribution in [0.3, 0.4) is 0 Å². The second-order valence-electron chi connectivity index (χ2n) is 9.57. The third kappa shape index (κ3) is 5.81. The Balaban J connectivity index is 0.00000188. The van der Waals surface area contributed by atoms with Crippen LogP contribution in [0, 0.1) is 0 Å². The Kier molecular flexibility index (Phi) is 8.56. The number of nitrogens with zero attached hydrogens (tertiary/aromatic N) is 5. The van der Waals surface area contributed by atoms with Crippen LogP contribution in [0.1, 0.15) is 19.5 Å². The lowest BCUT2D eigenvalue weighted by Crippen LogP contribution is -2.24. The molecule has 0 fully saturated rings. The molecule has 0 unspecified atom stereocenters. The highest BCUT2D eigenvalue weighted by molar-refractivity contribution is 7.92. The number of nitrogens with one attached hydrogen (secondary N) is 1. The maximum atomic E-state index is 13.9. The average molecular weight is 632 g/mol. The van der Waals surface area contributed by atoms with E-state index in [1.165, 1.54) is 13.4 Å². The van der Waals surface area contributed by atoms with E-state index in [0.717, 1.165) is 6.26 Å². The SMILES string of the molecule is CC.COc1ccc(-c2nn(Cc3cc4cccc(Cl)c4c(=O)n3-c3ccccc3)c3ncnc(N)c23)cc1NS(C)(=O)=O. The number of benzene rings is 3. The summed E-state index contributed by atoms with van der Waals surface area (Å²) in [6, 6.07) is 21.5. The van der Waals surface area contributed by atoms with Crippen LogP contribution >= 0.6 is 11.6 Å². The van der Waals surface area contributed by atoms with Gasteiger partial charge in [0.15, 0.2) is 5.65 Å². The highest BCUT2D eigenvalue weighted by atomic mass is 35.5. The van der Waals surface area contributed by atoms with Crippen molar-refractivity contribution in [1.29, 1.82) is 0 Å². The van der Waals surface area contributed by atoms with Crippen LogP contribution < -0.4 is 20.8 Å². The van der Waals surface area contributed by atoms with E-state index in [-0.39, 0.29) is 23.6 Å². The lowest BCUT2D eigenvalue weighted by atomic mass is 10.1. The summed E-state index contributed by atoms with van der Waals surface area (Å²) in [6.07, 6.45) is 2.40. The van der Waals surface area contributed by atoms with Crippen LogP contribution in [0.4, 0.5) is 11.5 Å². The van der Waals surface area contributed by atoms with Crippen LogP contribution in [0.25, 0.3) is 38.8 Å². The summed E-state index contributed by atoms with van der Waals surface area (Å²) in [5, 5.41) is 6.78. The molecule has 13 heteroatoms. The number of hydrogen-bond acceptors (Lipinski definition) is 8. The fraction of sp³-hybridized carbons (Fsp3) is 0.161. The number of ether oxygens (including phenoxy) is 1. The second kappa shape index (κ2) is 12.3. The summed E-state index contributed by atoms with van der Waals surface area (Å²) in [7, 11) is -2.15. The minimum Gasteiger partial charge on any atom is -0.495 e. The molecular formula is C31H30ClN7O4S. The number of methoxy groups -OCH3 is 1. The first-order chi connectivity index (χ1) is 21.1. The summed E-state index contributed by atoms with van der Waals surface area (Å²) >= 11 is 6.46. The van der Waals surface area contributed by atoms with Crippen LogP contribution in [-0.4, -0.2) is 46.1 Å². The molecule has 0 radical (unpaired) electrons. The third-order valence-corrected chi connectivity index (χ3v) is 7.63. The van der Waals surface area contributed by atoms with Gasteiger partial charge >= 0.3 is 0 Å². The van der Waals surface area contributed by atoms with E-state index in [9.17, 15) is 13.2 Å². The zero-order valence-corrected chi connectivity index (χ0v) is 26.0. The van der Waals surface area contributed by atoms with Crippen molar-refractivity contribution >= 4 is 54.9 Å². The van der Waals surface area contributed by atoms with E-state index in [2.05, 4.69) is 14.7 Å². The zero-order chi connectivity index (χ0) is 31.6. The van der Waals surface area contributed by atoms with Crippen LogP contribution in [-0.2, 0) is 16.6 Å². The lowest BCUT2D eigenvalue weighted by Gasteiger charge is -2.15. The number of hydrogen-bond donors (Lipinski definition) is 2. The van der Waals surface area contributed by atoms with Gasteiger partial charge in [-0.2, -0.15) is 5.10 Å². The van der Waals surface area contributed by atoms with Gasteiger partial charge in [0.1, 0.15) is 23.6 Å². The van der Waals surface area contributed by atoms with E-state index in [0.29, 0.717) is 55.2 Å². The van der Waals surface area contributed by atoms with Gasteiger partial charge in [-0.05, 0) is 47.9 Å². The van der Waals surface area contributed by atoms with Gasteiger partial charge in [-0.25, -0.2) is 23.1 Å². The van der Waals surface area contributed by atoms with E-state index in [4.69, 9.17) is 27.2 Å². The van der Waals surface area contributed by atoms with Gasteiger partial charge in [-0.3, -0.25) is 14.1 Å². The minimum atomic E-state index is -3.60. The molecule has 3 aromatic carbocycles. The van der Waals surface area contributed by atoms with E-state index in [1.807, 2.05) is 56.3 Å². The van der Waals surface area contributed by atoms with Crippen molar-refractivity contribution in [1.82, 2.24) is 24.3 Å². The van der Waals surface area contributed by atoms with Crippen molar-refractivity contribution in [2.24, 2.45) is 0 Å². The molecule has 0 saturated heterocycles. The predicted octanol–water partition coefficient (Wildman–Crippen LogP) is 5.49. The highest BCUT2D eigenvalue weighted by Gasteiger charge is 2.21. The molecule has 0 aliphatic heterocycles. The molecule has 0 atom stereocenters. The largest absolute Gasteiger partial charge is 0.495 e. The molecule has 0 amide bonds. The van der Waals surface area contributed by atoms with Gasteiger partial charge in [-0.15, -0.1) is 0 Å². The first-order valence-electron chi connectivity index (χ1n) is 13.7. The van der Waals surface area contributed by atoms with Gasteiger partial charge in [-0.1, -0.05) is 55.8 Å². The number of fused-ring (bicyclic) bond motifs is 2. The molecule has 44 heavy (non-hydrogen) atoms. The Hall–Kier alpha value is -4.94. The molecule has 11 nitrogen and oxygen atoms in total. The summed E-state index contributed by atoms with van der Waals surface area (Å²) in [5.41, 5.74) is 9.00. The molecule has 3 aromatic heterocycles. The lowest BCUT2D eigenvalue weighted by molar-refractivity contribution is 0.417. The Morgan fingerprint density at radius 2 is 1.73 bits per heavy atom. The van der Waals surface area contributed by atoms with Crippen molar-refractivity contribution < 1.29 is 13.2 Å². The smallest absolute Gasteiger partial charge is 0.264 e. The molecule has 0 spiro atoms. The number of nitrogen functional groups attached to an aromatic ring is 1. The van der Waals surface area contributed by atoms with E-state index >= 15 is 0 Å². The molecule has 6 aromatic rings. The number of para-hydroxylation sites is 1. The molecule has 6 rings (SSSR count). The first-order valence-corrected chi connectivity index (χ1v) is 15.9. The van der Waals surface area contributed by atoms with Gasteiger partial charge in [0.2, 0.25) is 10.0 Å². The fourth-order valence-electron chi connectivity index (χ4n) is 4.98. The van der Waals surface area contributed by atoms with Gasteiger partial charge in [0.25, 0.3) is 5.56 Å². The topological polar surface area (TPSA) is 147 Å². The molecular weight excluding hydrogens is 602 g/mol. The van der Waals surface area contributed by atoms with E-state index < -0.39 is 10.0 Å². The second-order valence-corrected chi connectivity index (χ2v) is 11.7. The van der Waals surface area contributed by atoms with Crippen molar-refractivity contribution in [3.8, 4) is 22.7 Å². The normalized spacial score (nSPS) is 11.3. The van der Waals surface area contributed by atoms with Crippen molar-refractivity contribution in [3.05, 3.63) is 100 Å². The quantitative estimate of drug-likeness (QED) is 0.235. The number of rotatable bonds is 7. The number of anilines is 2. The Bertz CT molecular complexity index is 2160. The summed E-state index contributed by atoms with van der Waals surface area (Å²) in [5.74, 6) is 0.527. The molecule has 0 aliphatic carbocycles. The monoisotopic (exact) mass is 631 g/mol. The van der Waals surface area contributed by atoms with Crippen LogP contribution in [0.15, 0.2) is 83.9 Å². The van der Waals surface area contributed by atoms with Crippen molar-refractivity contribution in [2.75, 3.05) is 23.8 Å². The summed E-state index contributed by atoms with van der Waals surface area (Å²) < 4.78 is 35.1. The zero-order valence-electron chi connectivity index (χ0n) is 24.4. The van der Waals surface area contributed by atoms with Gasteiger partial charge in [0.05, 0.1) is 41.4 Å². The van der Waals surface area contributed by atoms with Crippen LogP contribution in [0.5, 0.6) is 5.75 Å². The standard InChI is InChI=1S/C29H24ClN7O4S.C2H6/c1-41-23-12-11-18(14-22(23)35-42(2,39)40)26-25-27(31)32-16-33-28(25)36(34-26)15-20-13-17-7-6-10-21(30)24(17)29(38)37(20)19-8-4-3-5-9-19;1-2/h3-14,16,35H,15H2,1-2H3,(H2,31,32,33);1-2H3. The molecule has 3 heterocycles.